The van der Waals surface area contributed by atoms with E-state index in [1.54, 1.807) is 13.2 Å². The highest BCUT2D eigenvalue weighted by atomic mass is 16.5. The van der Waals surface area contributed by atoms with Gasteiger partial charge in [-0.1, -0.05) is 23.4 Å². The van der Waals surface area contributed by atoms with E-state index in [1.807, 2.05) is 30.3 Å². The lowest BCUT2D eigenvalue weighted by atomic mass is 10.2. The standard InChI is InChI=1S/C17H18N2O4/c1-21-8-4-7-18-17(20)11-13-10-16(23-19-13)15-9-12-5-2-3-6-14(12)22-15/h2-3,5-6,9-10H,4,7-8,11H2,1H3,(H,18,20). The summed E-state index contributed by atoms with van der Waals surface area (Å²) < 4.78 is 15.9. The number of furan rings is 1. The molecular weight excluding hydrogens is 296 g/mol. The minimum absolute atomic E-state index is 0.0921. The Morgan fingerprint density at radius 3 is 2.96 bits per heavy atom. The molecule has 120 valence electrons. The number of hydrogen-bond donors (Lipinski definition) is 1. The fourth-order valence-corrected chi connectivity index (χ4v) is 2.29. The first kappa shape index (κ1) is 15.3. The Hall–Kier alpha value is -2.60. The molecule has 3 aromatic rings. The zero-order valence-corrected chi connectivity index (χ0v) is 12.9. The van der Waals surface area contributed by atoms with Crippen molar-refractivity contribution in [1.29, 1.82) is 0 Å². The molecule has 0 saturated heterocycles. The maximum absolute atomic E-state index is 11.8. The summed E-state index contributed by atoms with van der Waals surface area (Å²) in [6.07, 6.45) is 0.960. The molecule has 0 aliphatic carbocycles. The molecule has 6 nitrogen and oxygen atoms in total. The number of aromatic nitrogens is 1. The summed E-state index contributed by atoms with van der Waals surface area (Å²) in [7, 11) is 1.64. The quantitative estimate of drug-likeness (QED) is 0.679. The smallest absolute Gasteiger partial charge is 0.226 e. The first-order chi connectivity index (χ1) is 11.3. The molecule has 23 heavy (non-hydrogen) atoms. The summed E-state index contributed by atoms with van der Waals surface area (Å²) >= 11 is 0. The molecule has 0 radical (unpaired) electrons. The van der Waals surface area contributed by atoms with Gasteiger partial charge in [0.2, 0.25) is 11.7 Å². The summed E-state index contributed by atoms with van der Waals surface area (Å²) in [6, 6.07) is 11.3. The summed E-state index contributed by atoms with van der Waals surface area (Å²) in [5.41, 5.74) is 1.36. The second-order valence-corrected chi connectivity index (χ2v) is 5.20. The minimum Gasteiger partial charge on any atom is -0.453 e. The van der Waals surface area contributed by atoms with Crippen molar-refractivity contribution < 1.29 is 18.5 Å². The molecular formula is C17H18N2O4. The number of hydrogen-bond acceptors (Lipinski definition) is 5. The molecule has 0 aliphatic rings. The normalized spacial score (nSPS) is 11.0. The third-order valence-corrected chi connectivity index (χ3v) is 3.42. The van der Waals surface area contributed by atoms with Crippen LogP contribution < -0.4 is 5.32 Å². The van der Waals surface area contributed by atoms with Crippen molar-refractivity contribution in [2.45, 2.75) is 12.8 Å². The van der Waals surface area contributed by atoms with Gasteiger partial charge in [-0.25, -0.2) is 0 Å². The summed E-state index contributed by atoms with van der Waals surface area (Å²) in [5, 5.41) is 7.74. The topological polar surface area (TPSA) is 77.5 Å². The Labute approximate surface area is 133 Å². The van der Waals surface area contributed by atoms with E-state index in [4.69, 9.17) is 13.7 Å². The van der Waals surface area contributed by atoms with Crippen LogP contribution in [0.15, 0.2) is 45.3 Å². The number of carbonyl (C=O) groups excluding carboxylic acids is 1. The maximum atomic E-state index is 11.8. The van der Waals surface area contributed by atoms with E-state index < -0.39 is 0 Å². The van der Waals surface area contributed by atoms with Crippen molar-refractivity contribution in [2.75, 3.05) is 20.3 Å². The molecule has 0 unspecified atom stereocenters. The highest BCUT2D eigenvalue weighted by Gasteiger charge is 2.13. The lowest BCUT2D eigenvalue weighted by Crippen LogP contribution is -2.26. The number of para-hydroxylation sites is 1. The van der Waals surface area contributed by atoms with Crippen LogP contribution in [0.5, 0.6) is 0 Å². The van der Waals surface area contributed by atoms with E-state index in [1.165, 1.54) is 0 Å². The van der Waals surface area contributed by atoms with E-state index in [0.29, 0.717) is 30.4 Å². The molecule has 0 saturated carbocycles. The molecule has 0 fully saturated rings. The SMILES string of the molecule is COCCCNC(=O)Cc1cc(-c2cc3ccccc3o2)on1. The van der Waals surface area contributed by atoms with Crippen molar-refractivity contribution >= 4 is 16.9 Å². The van der Waals surface area contributed by atoms with Gasteiger partial charge in [-0.2, -0.15) is 0 Å². The maximum Gasteiger partial charge on any atom is 0.226 e. The second-order valence-electron chi connectivity index (χ2n) is 5.20. The second kappa shape index (κ2) is 7.11. The zero-order chi connectivity index (χ0) is 16.1. The van der Waals surface area contributed by atoms with Gasteiger partial charge in [0.25, 0.3) is 0 Å². The fraction of sp³-hybridized carbons (Fsp3) is 0.294. The van der Waals surface area contributed by atoms with Gasteiger partial charge in [0.15, 0.2) is 5.76 Å². The van der Waals surface area contributed by atoms with E-state index in [9.17, 15) is 4.79 Å². The third-order valence-electron chi connectivity index (χ3n) is 3.42. The van der Waals surface area contributed by atoms with Crippen LogP contribution in [0.4, 0.5) is 0 Å². The van der Waals surface area contributed by atoms with Crippen LogP contribution in [-0.4, -0.2) is 31.3 Å². The molecule has 1 amide bonds. The number of methoxy groups -OCH3 is 1. The summed E-state index contributed by atoms with van der Waals surface area (Å²) in [6.45, 7) is 1.21. The Bertz CT molecular complexity index is 758. The van der Waals surface area contributed by atoms with Crippen LogP contribution in [0.3, 0.4) is 0 Å². The lowest BCUT2D eigenvalue weighted by molar-refractivity contribution is -0.120. The molecule has 1 N–H and O–H groups in total. The van der Waals surface area contributed by atoms with Crippen LogP contribution in [0, 0.1) is 0 Å². The number of fused-ring (bicyclic) bond motifs is 1. The first-order valence-corrected chi connectivity index (χ1v) is 7.46. The van der Waals surface area contributed by atoms with Crippen molar-refractivity contribution in [3.8, 4) is 11.5 Å². The third kappa shape index (κ3) is 3.78. The Kier molecular flexibility index (Phi) is 4.73. The van der Waals surface area contributed by atoms with E-state index in [0.717, 1.165) is 17.4 Å². The molecule has 0 spiro atoms. The zero-order valence-electron chi connectivity index (χ0n) is 12.9. The number of amides is 1. The first-order valence-electron chi connectivity index (χ1n) is 7.46. The van der Waals surface area contributed by atoms with E-state index in [-0.39, 0.29) is 12.3 Å². The van der Waals surface area contributed by atoms with Gasteiger partial charge < -0.3 is 19.0 Å². The highest BCUT2D eigenvalue weighted by Crippen LogP contribution is 2.28. The predicted octanol–water partition coefficient (Wildman–Crippen LogP) is 2.78. The number of nitrogens with one attached hydrogen (secondary N) is 1. The molecule has 0 bridgehead atoms. The average Bonchev–Trinajstić information content (AvgIpc) is 3.17. The Morgan fingerprint density at radius 1 is 1.26 bits per heavy atom. The molecule has 0 atom stereocenters. The lowest BCUT2D eigenvalue weighted by Gasteiger charge is -2.02. The van der Waals surface area contributed by atoms with E-state index in [2.05, 4.69) is 10.5 Å². The summed E-state index contributed by atoms with van der Waals surface area (Å²) in [4.78, 5) is 11.8. The van der Waals surface area contributed by atoms with Crippen LogP contribution >= 0.6 is 0 Å². The van der Waals surface area contributed by atoms with Gasteiger partial charge >= 0.3 is 0 Å². The monoisotopic (exact) mass is 314 g/mol. The van der Waals surface area contributed by atoms with Gasteiger partial charge in [-0.15, -0.1) is 0 Å². The number of nitrogens with zero attached hydrogens (tertiary/aromatic N) is 1. The van der Waals surface area contributed by atoms with Crippen LogP contribution in [0.2, 0.25) is 0 Å². The van der Waals surface area contributed by atoms with Crippen molar-refractivity contribution in [2.24, 2.45) is 0 Å². The molecule has 2 heterocycles. The van der Waals surface area contributed by atoms with E-state index >= 15 is 0 Å². The summed E-state index contributed by atoms with van der Waals surface area (Å²) in [5.74, 6) is 1.03. The number of rotatable bonds is 7. The van der Waals surface area contributed by atoms with Crippen LogP contribution in [-0.2, 0) is 16.0 Å². The average molecular weight is 314 g/mol. The molecule has 2 aromatic heterocycles. The molecule has 1 aromatic carbocycles. The number of ether oxygens (including phenoxy) is 1. The fourth-order valence-electron chi connectivity index (χ4n) is 2.29. The molecule has 6 heteroatoms. The number of carbonyl (C=O) groups is 1. The Balaban J connectivity index is 1.62. The minimum atomic E-state index is -0.0921. The molecule has 3 rings (SSSR count). The number of benzene rings is 1. The van der Waals surface area contributed by atoms with Crippen LogP contribution in [0.1, 0.15) is 12.1 Å². The van der Waals surface area contributed by atoms with Crippen molar-refractivity contribution in [3.05, 3.63) is 42.1 Å². The van der Waals surface area contributed by atoms with Gasteiger partial charge in [0, 0.05) is 31.7 Å². The van der Waals surface area contributed by atoms with Crippen molar-refractivity contribution in [1.82, 2.24) is 10.5 Å². The van der Waals surface area contributed by atoms with Gasteiger partial charge in [0.05, 0.1) is 12.1 Å². The van der Waals surface area contributed by atoms with Gasteiger partial charge in [-0.05, 0) is 18.6 Å². The predicted molar refractivity (Wildman–Crippen MR) is 84.9 cm³/mol. The Morgan fingerprint density at radius 2 is 2.13 bits per heavy atom. The van der Waals surface area contributed by atoms with Crippen molar-refractivity contribution in [3.63, 3.8) is 0 Å². The molecule has 0 aliphatic heterocycles. The largest absolute Gasteiger partial charge is 0.453 e. The van der Waals surface area contributed by atoms with Gasteiger partial charge in [0.1, 0.15) is 5.58 Å². The van der Waals surface area contributed by atoms with Gasteiger partial charge in [-0.3, -0.25) is 4.79 Å². The van der Waals surface area contributed by atoms with Crippen LogP contribution in [0.25, 0.3) is 22.5 Å². The highest BCUT2D eigenvalue weighted by molar-refractivity contribution is 5.82.